The molecule has 0 saturated heterocycles. The summed E-state index contributed by atoms with van der Waals surface area (Å²) in [5.41, 5.74) is 5.55. The molecular weight excluding hydrogens is 353 g/mol. The zero-order chi connectivity index (χ0) is 14.8. The van der Waals surface area contributed by atoms with Gasteiger partial charge in [0.15, 0.2) is 6.10 Å². The quantitative estimate of drug-likeness (QED) is 0.702. The molecule has 1 unspecified atom stereocenters. The van der Waals surface area contributed by atoms with E-state index in [1.54, 1.807) is 4.72 Å². The fourth-order valence-electron chi connectivity index (χ4n) is 1.11. The van der Waals surface area contributed by atoms with E-state index in [-0.39, 0.29) is 15.1 Å². The number of sulfonamides is 1. The van der Waals surface area contributed by atoms with E-state index in [0.717, 1.165) is 6.07 Å². The third-order valence-corrected chi connectivity index (χ3v) is 4.51. The summed E-state index contributed by atoms with van der Waals surface area (Å²) in [6.45, 7) is -1.17. The van der Waals surface area contributed by atoms with Gasteiger partial charge >= 0.3 is 6.18 Å². The average Bonchev–Trinajstić information content (AvgIpc) is 2.28. The van der Waals surface area contributed by atoms with E-state index in [2.05, 4.69) is 15.9 Å². The van der Waals surface area contributed by atoms with Gasteiger partial charge in [-0.2, -0.15) is 13.2 Å². The lowest BCUT2D eigenvalue weighted by Crippen LogP contribution is -2.40. The second kappa shape index (κ2) is 5.65. The Morgan fingerprint density at radius 3 is 2.53 bits per heavy atom. The molecule has 0 fully saturated rings. The van der Waals surface area contributed by atoms with Crippen LogP contribution in [0.3, 0.4) is 0 Å². The van der Waals surface area contributed by atoms with Crippen LogP contribution in [0.25, 0.3) is 0 Å². The third kappa shape index (κ3) is 4.34. The van der Waals surface area contributed by atoms with Gasteiger partial charge < -0.3 is 10.8 Å². The Hall–Kier alpha value is -0.840. The molecule has 0 radical (unpaired) electrons. The Labute approximate surface area is 115 Å². The zero-order valence-corrected chi connectivity index (χ0v) is 11.7. The minimum atomic E-state index is -4.89. The van der Waals surface area contributed by atoms with Gasteiger partial charge in [-0.05, 0) is 34.1 Å². The molecule has 0 amide bonds. The van der Waals surface area contributed by atoms with Crippen LogP contribution in [-0.2, 0) is 10.0 Å². The molecule has 1 atom stereocenters. The summed E-state index contributed by atoms with van der Waals surface area (Å²) in [5.74, 6) is 0. The monoisotopic (exact) mass is 362 g/mol. The largest absolute Gasteiger partial charge is 0.415 e. The average molecular weight is 363 g/mol. The van der Waals surface area contributed by atoms with Crippen LogP contribution in [-0.4, -0.2) is 32.3 Å². The summed E-state index contributed by atoms with van der Waals surface area (Å²) in [6.07, 6.45) is -7.67. The number of rotatable bonds is 4. The fourth-order valence-corrected chi connectivity index (χ4v) is 3.14. The maximum absolute atomic E-state index is 12.1. The lowest BCUT2D eigenvalue weighted by Gasteiger charge is -2.15. The topological polar surface area (TPSA) is 92.4 Å². The van der Waals surface area contributed by atoms with Crippen molar-refractivity contribution in [2.24, 2.45) is 0 Å². The maximum Gasteiger partial charge on any atom is 0.415 e. The number of nitrogen functional groups attached to an aromatic ring is 1. The zero-order valence-electron chi connectivity index (χ0n) is 9.28. The van der Waals surface area contributed by atoms with Gasteiger partial charge in [-0.15, -0.1) is 0 Å². The smallest absolute Gasteiger partial charge is 0.399 e. The second-order valence-electron chi connectivity index (χ2n) is 3.60. The van der Waals surface area contributed by atoms with Gasteiger partial charge in [0.25, 0.3) is 0 Å². The summed E-state index contributed by atoms with van der Waals surface area (Å²) >= 11 is 2.95. The first-order chi connectivity index (χ1) is 8.54. The predicted octanol–water partition coefficient (Wildman–Crippen LogP) is 1.23. The predicted molar refractivity (Wildman–Crippen MR) is 65.8 cm³/mol. The summed E-state index contributed by atoms with van der Waals surface area (Å²) in [5, 5.41) is 8.73. The minimum Gasteiger partial charge on any atom is -0.399 e. The highest BCUT2D eigenvalue weighted by atomic mass is 79.9. The first-order valence-electron chi connectivity index (χ1n) is 4.83. The molecule has 0 bridgehead atoms. The van der Waals surface area contributed by atoms with Crippen molar-refractivity contribution in [1.29, 1.82) is 0 Å². The Balaban J connectivity index is 2.91. The number of aliphatic hydroxyl groups is 1. The highest BCUT2D eigenvalue weighted by Crippen LogP contribution is 2.25. The number of aliphatic hydroxyl groups excluding tert-OH is 1. The molecular formula is C9H10BrF3N2O3S. The van der Waals surface area contributed by atoms with Crippen LogP contribution in [0.5, 0.6) is 0 Å². The van der Waals surface area contributed by atoms with E-state index < -0.39 is 28.8 Å². The molecule has 0 aliphatic rings. The SMILES string of the molecule is Nc1ccc(Br)c(S(=O)(=O)NCC(O)C(F)(F)F)c1. The van der Waals surface area contributed by atoms with Crippen molar-refractivity contribution in [3.05, 3.63) is 22.7 Å². The van der Waals surface area contributed by atoms with Crippen molar-refractivity contribution in [2.75, 3.05) is 12.3 Å². The Morgan fingerprint density at radius 2 is 2.00 bits per heavy atom. The van der Waals surface area contributed by atoms with Crippen molar-refractivity contribution in [2.45, 2.75) is 17.2 Å². The molecule has 0 aromatic heterocycles. The molecule has 1 aromatic carbocycles. The van der Waals surface area contributed by atoms with Crippen molar-refractivity contribution >= 4 is 31.6 Å². The number of hydrogen-bond donors (Lipinski definition) is 3. The van der Waals surface area contributed by atoms with E-state index in [1.165, 1.54) is 12.1 Å². The van der Waals surface area contributed by atoms with Crippen molar-refractivity contribution < 1.29 is 26.7 Å². The van der Waals surface area contributed by atoms with Gasteiger partial charge in [-0.1, -0.05) is 0 Å². The molecule has 5 nitrogen and oxygen atoms in total. The number of nitrogens with one attached hydrogen (secondary N) is 1. The van der Waals surface area contributed by atoms with Crippen LogP contribution in [0.1, 0.15) is 0 Å². The van der Waals surface area contributed by atoms with Gasteiger partial charge in [0.05, 0.1) is 4.90 Å². The highest BCUT2D eigenvalue weighted by molar-refractivity contribution is 9.10. The first-order valence-corrected chi connectivity index (χ1v) is 7.11. The molecule has 0 heterocycles. The van der Waals surface area contributed by atoms with Gasteiger partial charge in [-0.25, -0.2) is 13.1 Å². The Morgan fingerprint density at radius 1 is 1.42 bits per heavy atom. The number of hydrogen-bond acceptors (Lipinski definition) is 4. The Kier molecular flexibility index (Phi) is 4.82. The molecule has 0 saturated carbocycles. The van der Waals surface area contributed by atoms with Crippen molar-refractivity contribution in [3.8, 4) is 0 Å². The molecule has 0 aliphatic heterocycles. The van der Waals surface area contributed by atoms with Crippen LogP contribution in [0, 0.1) is 0 Å². The number of anilines is 1. The minimum absolute atomic E-state index is 0.139. The fraction of sp³-hybridized carbons (Fsp3) is 0.333. The van der Waals surface area contributed by atoms with Crippen LogP contribution < -0.4 is 10.5 Å². The Bertz CT molecular complexity index is 562. The number of benzene rings is 1. The number of alkyl halides is 3. The van der Waals surface area contributed by atoms with Gasteiger partial charge in [0.2, 0.25) is 10.0 Å². The second-order valence-corrected chi connectivity index (χ2v) is 6.19. The van der Waals surface area contributed by atoms with Crippen LogP contribution in [0.15, 0.2) is 27.6 Å². The summed E-state index contributed by atoms with van der Waals surface area (Å²) < 4.78 is 61.5. The summed E-state index contributed by atoms with van der Waals surface area (Å²) in [7, 11) is -4.21. The molecule has 0 spiro atoms. The molecule has 1 rings (SSSR count). The first kappa shape index (κ1) is 16.2. The molecule has 10 heteroatoms. The lowest BCUT2D eigenvalue weighted by molar-refractivity contribution is -0.200. The van der Waals surface area contributed by atoms with Crippen molar-refractivity contribution in [3.63, 3.8) is 0 Å². The van der Waals surface area contributed by atoms with E-state index >= 15 is 0 Å². The van der Waals surface area contributed by atoms with E-state index in [1.807, 2.05) is 0 Å². The van der Waals surface area contributed by atoms with Gasteiger partial charge in [-0.3, -0.25) is 0 Å². The van der Waals surface area contributed by atoms with Gasteiger partial charge in [0, 0.05) is 16.7 Å². The molecule has 19 heavy (non-hydrogen) atoms. The van der Waals surface area contributed by atoms with Crippen LogP contribution >= 0.6 is 15.9 Å². The maximum atomic E-state index is 12.1. The normalized spacial score (nSPS) is 14.4. The van der Waals surface area contributed by atoms with E-state index in [9.17, 15) is 21.6 Å². The van der Waals surface area contributed by atoms with Crippen molar-refractivity contribution in [1.82, 2.24) is 4.72 Å². The van der Waals surface area contributed by atoms with Crippen LogP contribution in [0.2, 0.25) is 0 Å². The standard InChI is InChI=1S/C9H10BrF3N2O3S/c10-6-2-1-5(14)3-7(6)19(17,18)15-4-8(16)9(11,12)13/h1-3,8,15-16H,4,14H2. The summed E-state index contributed by atoms with van der Waals surface area (Å²) in [6, 6.07) is 3.87. The molecule has 1 aromatic rings. The number of halogens is 4. The number of nitrogens with two attached hydrogens (primary N) is 1. The molecule has 108 valence electrons. The lowest BCUT2D eigenvalue weighted by atomic mass is 10.3. The highest BCUT2D eigenvalue weighted by Gasteiger charge is 2.38. The van der Waals surface area contributed by atoms with Crippen LogP contribution in [0.4, 0.5) is 18.9 Å². The molecule has 0 aliphatic carbocycles. The van der Waals surface area contributed by atoms with Gasteiger partial charge in [0.1, 0.15) is 0 Å². The summed E-state index contributed by atoms with van der Waals surface area (Å²) in [4.78, 5) is -0.304. The third-order valence-electron chi connectivity index (χ3n) is 2.09. The molecule has 4 N–H and O–H groups in total. The van der Waals surface area contributed by atoms with E-state index in [4.69, 9.17) is 10.8 Å². The van der Waals surface area contributed by atoms with E-state index in [0.29, 0.717) is 0 Å².